The molecule has 0 radical (unpaired) electrons. The number of hydrogen-bond donors (Lipinski definition) is 0. The van der Waals surface area contributed by atoms with Crippen molar-refractivity contribution in [3.05, 3.63) is 46.5 Å². The summed E-state index contributed by atoms with van der Waals surface area (Å²) in [6.45, 7) is 3.69. The molecule has 0 unspecified atom stereocenters. The third-order valence-corrected chi connectivity index (χ3v) is 5.92. The lowest BCUT2D eigenvalue weighted by Gasteiger charge is -2.27. The SMILES string of the molecule is COc1cc2c(cc1OC)C(C(C)C1=NCCc3cc(OC)c(OC)cc31)=NCC2. The van der Waals surface area contributed by atoms with Crippen molar-refractivity contribution < 1.29 is 18.9 Å². The first-order valence-electron chi connectivity index (χ1n) is 10.2. The number of methoxy groups -OCH3 is 4. The third-order valence-electron chi connectivity index (χ3n) is 5.92. The van der Waals surface area contributed by atoms with Gasteiger partial charge in [0.15, 0.2) is 23.0 Å². The number of benzene rings is 2. The fourth-order valence-corrected chi connectivity index (χ4v) is 4.37. The molecular formula is C24H28N2O4. The van der Waals surface area contributed by atoms with Crippen molar-refractivity contribution in [2.24, 2.45) is 15.9 Å². The van der Waals surface area contributed by atoms with Crippen molar-refractivity contribution in [2.45, 2.75) is 19.8 Å². The second-order valence-electron chi connectivity index (χ2n) is 7.48. The summed E-state index contributed by atoms with van der Waals surface area (Å²) in [5.41, 5.74) is 6.77. The van der Waals surface area contributed by atoms with E-state index in [1.165, 1.54) is 11.1 Å². The molecule has 2 aromatic rings. The number of rotatable bonds is 6. The zero-order valence-corrected chi connectivity index (χ0v) is 18.2. The molecule has 4 rings (SSSR count). The van der Waals surface area contributed by atoms with Gasteiger partial charge in [-0.2, -0.15) is 0 Å². The van der Waals surface area contributed by atoms with Crippen LogP contribution in [0.25, 0.3) is 0 Å². The Morgan fingerprint density at radius 1 is 0.633 bits per heavy atom. The van der Waals surface area contributed by atoms with Crippen LogP contribution in [0.4, 0.5) is 0 Å². The molecule has 2 aromatic carbocycles. The molecular weight excluding hydrogens is 380 g/mol. The van der Waals surface area contributed by atoms with Crippen LogP contribution in [-0.2, 0) is 12.8 Å². The van der Waals surface area contributed by atoms with E-state index in [1.807, 2.05) is 12.1 Å². The molecule has 6 nitrogen and oxygen atoms in total. The Labute approximate surface area is 177 Å². The Kier molecular flexibility index (Phi) is 5.66. The van der Waals surface area contributed by atoms with Gasteiger partial charge < -0.3 is 18.9 Å². The summed E-state index contributed by atoms with van der Waals surface area (Å²) in [5, 5.41) is 0. The minimum atomic E-state index is 0.0410. The topological polar surface area (TPSA) is 61.6 Å². The average Bonchev–Trinajstić information content (AvgIpc) is 2.80. The van der Waals surface area contributed by atoms with Crippen LogP contribution in [0.3, 0.4) is 0 Å². The maximum Gasteiger partial charge on any atom is 0.161 e. The van der Waals surface area contributed by atoms with Crippen LogP contribution in [0, 0.1) is 5.92 Å². The van der Waals surface area contributed by atoms with Crippen molar-refractivity contribution in [1.82, 2.24) is 0 Å². The summed E-state index contributed by atoms with van der Waals surface area (Å²) in [4.78, 5) is 9.82. The van der Waals surface area contributed by atoms with Gasteiger partial charge >= 0.3 is 0 Å². The van der Waals surface area contributed by atoms with Crippen LogP contribution in [0.2, 0.25) is 0 Å². The van der Waals surface area contributed by atoms with Gasteiger partial charge in [-0.1, -0.05) is 6.92 Å². The van der Waals surface area contributed by atoms with E-state index in [-0.39, 0.29) is 5.92 Å². The van der Waals surface area contributed by atoms with Crippen LogP contribution >= 0.6 is 0 Å². The molecule has 0 saturated heterocycles. The Hall–Kier alpha value is -3.02. The summed E-state index contributed by atoms with van der Waals surface area (Å²) in [7, 11) is 6.66. The monoisotopic (exact) mass is 408 g/mol. The number of aliphatic imine (C=N–C) groups is 2. The average molecular weight is 408 g/mol. The van der Waals surface area contributed by atoms with E-state index in [4.69, 9.17) is 28.9 Å². The maximum atomic E-state index is 5.55. The van der Waals surface area contributed by atoms with Crippen LogP contribution in [-0.4, -0.2) is 53.0 Å². The third kappa shape index (κ3) is 3.40. The molecule has 0 saturated carbocycles. The highest BCUT2D eigenvalue weighted by Crippen LogP contribution is 2.37. The predicted octanol–water partition coefficient (Wildman–Crippen LogP) is 3.75. The molecule has 0 fully saturated rings. The number of nitrogens with zero attached hydrogens (tertiary/aromatic N) is 2. The van der Waals surface area contributed by atoms with Crippen molar-refractivity contribution in [1.29, 1.82) is 0 Å². The molecule has 2 aliphatic heterocycles. The van der Waals surface area contributed by atoms with Crippen LogP contribution in [0.15, 0.2) is 34.3 Å². The molecule has 0 aliphatic carbocycles. The van der Waals surface area contributed by atoms with Gasteiger partial charge in [-0.15, -0.1) is 0 Å². The molecule has 0 atom stereocenters. The fourth-order valence-electron chi connectivity index (χ4n) is 4.37. The van der Waals surface area contributed by atoms with E-state index in [2.05, 4.69) is 19.1 Å². The van der Waals surface area contributed by atoms with E-state index in [0.717, 1.165) is 71.5 Å². The molecule has 0 spiro atoms. The minimum absolute atomic E-state index is 0.0410. The van der Waals surface area contributed by atoms with Gasteiger partial charge in [0.1, 0.15) is 0 Å². The second kappa shape index (κ2) is 8.38. The van der Waals surface area contributed by atoms with Gasteiger partial charge in [0, 0.05) is 30.1 Å². The lowest BCUT2D eigenvalue weighted by molar-refractivity contribution is 0.354. The molecule has 2 aliphatic rings. The van der Waals surface area contributed by atoms with E-state index in [0.29, 0.717) is 0 Å². The Morgan fingerprint density at radius 2 is 1.00 bits per heavy atom. The number of fused-ring (bicyclic) bond motifs is 2. The van der Waals surface area contributed by atoms with Gasteiger partial charge in [0.25, 0.3) is 0 Å². The van der Waals surface area contributed by atoms with Crippen LogP contribution in [0.1, 0.15) is 29.2 Å². The van der Waals surface area contributed by atoms with Gasteiger partial charge in [-0.25, -0.2) is 0 Å². The highest BCUT2D eigenvalue weighted by Gasteiger charge is 2.29. The summed E-state index contributed by atoms with van der Waals surface area (Å²) in [5.74, 6) is 2.98. The zero-order valence-electron chi connectivity index (χ0n) is 18.2. The lowest BCUT2D eigenvalue weighted by atomic mass is 9.83. The van der Waals surface area contributed by atoms with Crippen molar-refractivity contribution in [3.8, 4) is 23.0 Å². The normalized spacial score (nSPS) is 15.0. The Bertz CT molecular complexity index is 945. The predicted molar refractivity (Wildman–Crippen MR) is 118 cm³/mol. The largest absolute Gasteiger partial charge is 0.493 e. The first kappa shape index (κ1) is 20.3. The molecule has 0 bridgehead atoms. The van der Waals surface area contributed by atoms with E-state index < -0.39 is 0 Å². The molecule has 0 aromatic heterocycles. The van der Waals surface area contributed by atoms with Gasteiger partial charge in [0.2, 0.25) is 0 Å². The Morgan fingerprint density at radius 3 is 1.37 bits per heavy atom. The zero-order chi connectivity index (χ0) is 21.3. The summed E-state index contributed by atoms with van der Waals surface area (Å²) >= 11 is 0. The molecule has 0 amide bonds. The van der Waals surface area contributed by atoms with Crippen molar-refractivity contribution >= 4 is 11.4 Å². The highest BCUT2D eigenvalue weighted by molar-refractivity contribution is 6.21. The van der Waals surface area contributed by atoms with Crippen molar-refractivity contribution in [3.63, 3.8) is 0 Å². The number of hydrogen-bond acceptors (Lipinski definition) is 6. The summed E-state index contributed by atoms with van der Waals surface area (Å²) < 4.78 is 22.1. The first-order chi connectivity index (χ1) is 14.6. The molecule has 30 heavy (non-hydrogen) atoms. The molecule has 0 N–H and O–H groups in total. The molecule has 158 valence electrons. The lowest BCUT2D eigenvalue weighted by Crippen LogP contribution is -2.29. The fraction of sp³-hybridized carbons (Fsp3) is 0.417. The van der Waals surface area contributed by atoms with E-state index in [9.17, 15) is 0 Å². The Balaban J connectivity index is 1.76. The van der Waals surface area contributed by atoms with Crippen LogP contribution < -0.4 is 18.9 Å². The van der Waals surface area contributed by atoms with Gasteiger partial charge in [-0.05, 0) is 48.2 Å². The van der Waals surface area contributed by atoms with Crippen LogP contribution in [0.5, 0.6) is 23.0 Å². The van der Waals surface area contributed by atoms with Gasteiger partial charge in [-0.3, -0.25) is 9.98 Å². The standard InChI is InChI=1S/C24H28N2O4/c1-14(23-17-12-21(29-4)19(27-2)10-15(17)6-8-25-23)24-18-13-22(30-5)20(28-3)11-16(18)7-9-26-24/h10-14H,6-9H2,1-5H3. The molecule has 6 heteroatoms. The van der Waals surface area contributed by atoms with E-state index >= 15 is 0 Å². The highest BCUT2D eigenvalue weighted by atomic mass is 16.5. The second-order valence-corrected chi connectivity index (χ2v) is 7.48. The molecule has 2 heterocycles. The first-order valence-corrected chi connectivity index (χ1v) is 10.2. The smallest absolute Gasteiger partial charge is 0.161 e. The summed E-state index contributed by atoms with van der Waals surface area (Å²) in [6.07, 6.45) is 1.78. The summed E-state index contributed by atoms with van der Waals surface area (Å²) in [6, 6.07) is 8.23. The van der Waals surface area contributed by atoms with Crippen molar-refractivity contribution in [2.75, 3.05) is 41.5 Å². The minimum Gasteiger partial charge on any atom is -0.493 e. The maximum absolute atomic E-state index is 5.55. The quantitative estimate of drug-likeness (QED) is 0.730. The van der Waals surface area contributed by atoms with Gasteiger partial charge in [0.05, 0.1) is 39.9 Å². The van der Waals surface area contributed by atoms with E-state index in [1.54, 1.807) is 28.4 Å². The number of ether oxygens (including phenoxy) is 4.